The summed E-state index contributed by atoms with van der Waals surface area (Å²) in [5.74, 6) is 1.73. The first-order valence-corrected chi connectivity index (χ1v) is 6.86. The van der Waals surface area contributed by atoms with Crippen molar-refractivity contribution in [1.29, 1.82) is 0 Å². The van der Waals surface area contributed by atoms with Crippen molar-refractivity contribution in [3.63, 3.8) is 0 Å². The highest BCUT2D eigenvalue weighted by Gasteiger charge is 2.34. The molecule has 2 atom stereocenters. The molecule has 1 aliphatic heterocycles. The Morgan fingerprint density at radius 3 is 2.70 bits per heavy atom. The van der Waals surface area contributed by atoms with Crippen molar-refractivity contribution in [2.45, 2.75) is 45.5 Å². The lowest BCUT2D eigenvalue weighted by Crippen LogP contribution is -2.37. The Morgan fingerprint density at radius 1 is 1.45 bits per heavy atom. The van der Waals surface area contributed by atoms with Crippen molar-refractivity contribution >= 4 is 0 Å². The molecule has 0 bridgehead atoms. The molecule has 0 radical (unpaired) electrons. The number of rotatable bonds is 4. The first-order chi connectivity index (χ1) is 9.24. The predicted molar refractivity (Wildman–Crippen MR) is 70.6 cm³/mol. The van der Waals surface area contributed by atoms with Crippen LogP contribution in [0.25, 0.3) is 0 Å². The Morgan fingerprint density at radius 2 is 2.15 bits per heavy atom. The Bertz CT molecular complexity index is 456. The average molecular weight is 290 g/mol. The van der Waals surface area contributed by atoms with E-state index in [2.05, 4.69) is 5.32 Å². The number of alkyl halides is 3. The van der Waals surface area contributed by atoms with E-state index < -0.39 is 12.7 Å². The third-order valence-corrected chi connectivity index (χ3v) is 3.71. The van der Waals surface area contributed by atoms with Gasteiger partial charge in [-0.15, -0.1) is 0 Å². The number of furan rings is 1. The highest BCUT2D eigenvalue weighted by Crippen LogP contribution is 2.24. The number of halogens is 3. The van der Waals surface area contributed by atoms with Crippen molar-refractivity contribution in [2.24, 2.45) is 0 Å². The second-order valence-electron chi connectivity index (χ2n) is 5.59. The number of likely N-dealkylation sites (tertiary alicyclic amines) is 1. The van der Waals surface area contributed by atoms with E-state index in [-0.39, 0.29) is 12.1 Å². The summed E-state index contributed by atoms with van der Waals surface area (Å²) in [5, 5.41) is 3.40. The van der Waals surface area contributed by atoms with Crippen LogP contribution in [0.1, 0.15) is 36.5 Å². The number of nitrogens with one attached hydrogen (secondary N) is 1. The summed E-state index contributed by atoms with van der Waals surface area (Å²) in [6.45, 7) is 5.94. The highest BCUT2D eigenvalue weighted by atomic mass is 19.4. The minimum atomic E-state index is -4.11. The highest BCUT2D eigenvalue weighted by molar-refractivity contribution is 5.23. The third-order valence-electron chi connectivity index (χ3n) is 3.71. The lowest BCUT2D eigenvalue weighted by atomic mass is 10.1. The molecule has 1 aromatic rings. The molecule has 0 saturated carbocycles. The molecule has 0 aromatic carbocycles. The molecule has 2 rings (SSSR count). The van der Waals surface area contributed by atoms with Gasteiger partial charge in [-0.05, 0) is 33.3 Å². The smallest absolute Gasteiger partial charge is 0.401 e. The Labute approximate surface area is 117 Å². The van der Waals surface area contributed by atoms with Crippen LogP contribution in [-0.2, 0) is 0 Å². The zero-order valence-electron chi connectivity index (χ0n) is 12.0. The normalized spacial score (nSPS) is 22.4. The largest absolute Gasteiger partial charge is 0.466 e. The van der Waals surface area contributed by atoms with Crippen molar-refractivity contribution < 1.29 is 17.6 Å². The molecule has 1 aliphatic rings. The van der Waals surface area contributed by atoms with Crippen LogP contribution in [0.3, 0.4) is 0 Å². The molecule has 1 fully saturated rings. The second kappa shape index (κ2) is 5.77. The number of nitrogens with zero attached hydrogens (tertiary/aromatic N) is 1. The topological polar surface area (TPSA) is 28.4 Å². The van der Waals surface area contributed by atoms with Gasteiger partial charge >= 0.3 is 6.18 Å². The van der Waals surface area contributed by atoms with Crippen LogP contribution in [-0.4, -0.2) is 36.8 Å². The summed E-state index contributed by atoms with van der Waals surface area (Å²) < 4.78 is 42.5. The van der Waals surface area contributed by atoms with Gasteiger partial charge in [0.25, 0.3) is 0 Å². The van der Waals surface area contributed by atoms with Gasteiger partial charge in [0.2, 0.25) is 0 Å². The SMILES string of the molecule is Cc1cc(C(C)NC2CCN(CC(F)(F)F)C2)c(C)o1. The summed E-state index contributed by atoms with van der Waals surface area (Å²) in [5.41, 5.74) is 1.08. The monoisotopic (exact) mass is 290 g/mol. The zero-order valence-corrected chi connectivity index (χ0v) is 12.0. The van der Waals surface area contributed by atoms with Crippen molar-refractivity contribution in [3.05, 3.63) is 23.2 Å². The van der Waals surface area contributed by atoms with Gasteiger partial charge in [0.1, 0.15) is 11.5 Å². The molecule has 0 aliphatic carbocycles. The molecule has 114 valence electrons. The molecule has 0 spiro atoms. The summed E-state index contributed by atoms with van der Waals surface area (Å²) in [7, 11) is 0. The van der Waals surface area contributed by atoms with Gasteiger partial charge in [-0.3, -0.25) is 4.90 Å². The van der Waals surface area contributed by atoms with Crippen molar-refractivity contribution in [1.82, 2.24) is 10.2 Å². The maximum Gasteiger partial charge on any atom is 0.401 e. The van der Waals surface area contributed by atoms with Gasteiger partial charge in [0.05, 0.1) is 6.54 Å². The minimum Gasteiger partial charge on any atom is -0.466 e. The Kier molecular flexibility index (Phi) is 4.44. The van der Waals surface area contributed by atoms with E-state index in [9.17, 15) is 13.2 Å². The third kappa shape index (κ3) is 3.99. The van der Waals surface area contributed by atoms with Crippen LogP contribution in [0, 0.1) is 13.8 Å². The molecule has 3 nitrogen and oxygen atoms in total. The van der Waals surface area contributed by atoms with Crippen LogP contribution in [0.15, 0.2) is 10.5 Å². The fourth-order valence-corrected chi connectivity index (χ4v) is 2.89. The molecular weight excluding hydrogens is 269 g/mol. The van der Waals surface area contributed by atoms with Crippen molar-refractivity contribution in [2.75, 3.05) is 19.6 Å². The van der Waals surface area contributed by atoms with E-state index in [0.717, 1.165) is 23.5 Å². The van der Waals surface area contributed by atoms with Crippen molar-refractivity contribution in [3.8, 4) is 0 Å². The Balaban J connectivity index is 1.87. The number of hydrogen-bond donors (Lipinski definition) is 1. The van der Waals surface area contributed by atoms with Gasteiger partial charge in [-0.25, -0.2) is 0 Å². The van der Waals surface area contributed by atoms with E-state index in [0.29, 0.717) is 13.1 Å². The zero-order chi connectivity index (χ0) is 14.9. The molecule has 1 saturated heterocycles. The first kappa shape index (κ1) is 15.4. The minimum absolute atomic E-state index is 0.0864. The molecule has 2 unspecified atom stereocenters. The molecule has 0 amide bonds. The second-order valence-corrected chi connectivity index (χ2v) is 5.59. The predicted octanol–water partition coefficient (Wildman–Crippen LogP) is 3.18. The summed E-state index contributed by atoms with van der Waals surface area (Å²) in [6, 6.07) is 2.17. The molecule has 2 heterocycles. The van der Waals surface area contributed by atoms with E-state index >= 15 is 0 Å². The fourth-order valence-electron chi connectivity index (χ4n) is 2.89. The van der Waals surface area contributed by atoms with Gasteiger partial charge in [0, 0.05) is 30.7 Å². The Hall–Kier alpha value is -1.01. The standard InChI is InChI=1S/C14H21F3N2O/c1-9-6-13(11(3)20-9)10(2)18-12-4-5-19(7-12)8-14(15,16)17/h6,10,12,18H,4-5,7-8H2,1-3H3. The average Bonchev–Trinajstić information content (AvgIpc) is 2.83. The van der Waals surface area contributed by atoms with Crippen LogP contribution < -0.4 is 5.32 Å². The number of aryl methyl sites for hydroxylation is 2. The molecular formula is C14H21F3N2O. The summed E-state index contributed by atoms with van der Waals surface area (Å²) >= 11 is 0. The van der Waals surface area contributed by atoms with Gasteiger partial charge in [0.15, 0.2) is 0 Å². The van der Waals surface area contributed by atoms with Crippen LogP contribution >= 0.6 is 0 Å². The number of hydrogen-bond acceptors (Lipinski definition) is 3. The lowest BCUT2D eigenvalue weighted by Gasteiger charge is -2.21. The van der Waals surface area contributed by atoms with E-state index in [1.54, 1.807) is 0 Å². The van der Waals surface area contributed by atoms with Gasteiger partial charge in [-0.2, -0.15) is 13.2 Å². The molecule has 1 N–H and O–H groups in total. The summed E-state index contributed by atoms with van der Waals surface area (Å²) in [4.78, 5) is 1.46. The van der Waals surface area contributed by atoms with Crippen LogP contribution in [0.2, 0.25) is 0 Å². The lowest BCUT2D eigenvalue weighted by molar-refractivity contribution is -0.143. The first-order valence-electron chi connectivity index (χ1n) is 6.86. The van der Waals surface area contributed by atoms with Gasteiger partial charge < -0.3 is 9.73 Å². The maximum atomic E-state index is 12.3. The summed E-state index contributed by atoms with van der Waals surface area (Å²) in [6.07, 6.45) is -3.37. The fraction of sp³-hybridized carbons (Fsp3) is 0.714. The van der Waals surface area contributed by atoms with Crippen LogP contribution in [0.4, 0.5) is 13.2 Å². The molecule has 1 aromatic heterocycles. The molecule has 6 heteroatoms. The quantitative estimate of drug-likeness (QED) is 0.923. The van der Waals surface area contributed by atoms with E-state index in [4.69, 9.17) is 4.42 Å². The molecule has 20 heavy (non-hydrogen) atoms. The van der Waals surface area contributed by atoms with Crippen LogP contribution in [0.5, 0.6) is 0 Å². The van der Waals surface area contributed by atoms with E-state index in [1.807, 2.05) is 26.8 Å². The van der Waals surface area contributed by atoms with Gasteiger partial charge in [-0.1, -0.05) is 0 Å². The van der Waals surface area contributed by atoms with E-state index in [1.165, 1.54) is 4.90 Å². The maximum absolute atomic E-state index is 12.3.